The fourth-order valence-corrected chi connectivity index (χ4v) is 1.29. The maximum Gasteiger partial charge on any atom is 0.328 e. The molecule has 0 aliphatic carbocycles. The van der Waals surface area contributed by atoms with Gasteiger partial charge in [0.2, 0.25) is 6.41 Å². The van der Waals surface area contributed by atoms with Crippen molar-refractivity contribution < 1.29 is 19.5 Å². The van der Waals surface area contributed by atoms with Crippen LogP contribution in [-0.4, -0.2) is 59.4 Å². The average Bonchev–Trinajstić information content (AvgIpc) is 2.78. The van der Waals surface area contributed by atoms with Gasteiger partial charge in [0.05, 0.1) is 0 Å². The number of anilines is 1. The number of amides is 2. The fourth-order valence-electron chi connectivity index (χ4n) is 1.29. The van der Waals surface area contributed by atoms with Crippen molar-refractivity contribution in [3.8, 4) is 0 Å². The number of rotatable bonds is 5. The van der Waals surface area contributed by atoms with E-state index in [4.69, 9.17) is 5.11 Å². The highest BCUT2D eigenvalue weighted by atomic mass is 16.4. The van der Waals surface area contributed by atoms with Crippen molar-refractivity contribution in [2.24, 2.45) is 0 Å². The minimum absolute atomic E-state index is 0.115. The van der Waals surface area contributed by atoms with Gasteiger partial charge in [0.25, 0.3) is 5.91 Å². The van der Waals surface area contributed by atoms with Gasteiger partial charge in [-0.05, 0) is 6.08 Å². The Morgan fingerprint density at radius 2 is 1.95 bits per heavy atom. The molecule has 0 spiro atoms. The van der Waals surface area contributed by atoms with Crippen LogP contribution in [0.1, 0.15) is 16.3 Å². The first-order valence-electron chi connectivity index (χ1n) is 5.27. The predicted octanol–water partition coefficient (Wildman–Crippen LogP) is -0.198. The van der Waals surface area contributed by atoms with Crippen LogP contribution in [-0.2, 0) is 9.59 Å². The van der Waals surface area contributed by atoms with Crippen molar-refractivity contribution in [3.63, 3.8) is 0 Å². The number of aliphatic carboxylic acids is 1. The van der Waals surface area contributed by atoms with Gasteiger partial charge < -0.3 is 19.9 Å². The molecule has 0 aromatic carbocycles. The van der Waals surface area contributed by atoms with Crippen LogP contribution >= 0.6 is 0 Å². The van der Waals surface area contributed by atoms with Crippen LogP contribution in [0, 0.1) is 0 Å². The normalized spacial score (nSPS) is 10.5. The Balaban J connectivity index is 3.23. The molecule has 0 saturated carbocycles. The number of carbonyl (C=O) groups is 3. The molecule has 0 bridgehead atoms. The first-order chi connectivity index (χ1) is 8.86. The summed E-state index contributed by atoms with van der Waals surface area (Å²) in [7, 11) is 4.56. The SMILES string of the molecule is CN(C)C(=O)c1[nH]c(/C=C/C(=O)O)nc1N(C)C=O. The third-order valence-corrected chi connectivity index (χ3v) is 2.20. The summed E-state index contributed by atoms with van der Waals surface area (Å²) in [5.74, 6) is -1.19. The Hall–Kier alpha value is -2.64. The highest BCUT2D eigenvalue weighted by Gasteiger charge is 2.20. The summed E-state index contributed by atoms with van der Waals surface area (Å²) in [4.78, 5) is 42.2. The van der Waals surface area contributed by atoms with Crippen molar-refractivity contribution in [1.29, 1.82) is 0 Å². The summed E-state index contributed by atoms with van der Waals surface area (Å²) in [5, 5.41) is 8.53. The van der Waals surface area contributed by atoms with E-state index in [9.17, 15) is 14.4 Å². The monoisotopic (exact) mass is 266 g/mol. The quantitative estimate of drug-likeness (QED) is 0.567. The molecule has 0 fully saturated rings. The van der Waals surface area contributed by atoms with E-state index in [1.807, 2.05) is 0 Å². The molecule has 8 heteroatoms. The molecule has 0 unspecified atom stereocenters. The van der Waals surface area contributed by atoms with Gasteiger partial charge in [-0.1, -0.05) is 0 Å². The number of hydrogen-bond donors (Lipinski definition) is 2. The molecule has 1 aromatic heterocycles. The second-order valence-electron chi connectivity index (χ2n) is 3.91. The van der Waals surface area contributed by atoms with E-state index in [2.05, 4.69) is 9.97 Å². The van der Waals surface area contributed by atoms with Gasteiger partial charge in [-0.2, -0.15) is 0 Å². The number of imidazole rings is 1. The van der Waals surface area contributed by atoms with Crippen molar-refractivity contribution in [3.05, 3.63) is 17.6 Å². The van der Waals surface area contributed by atoms with E-state index in [1.54, 1.807) is 14.1 Å². The summed E-state index contributed by atoms with van der Waals surface area (Å²) < 4.78 is 0. The molecule has 0 atom stereocenters. The first-order valence-corrected chi connectivity index (χ1v) is 5.27. The molecule has 8 nitrogen and oxygen atoms in total. The van der Waals surface area contributed by atoms with Crippen molar-refractivity contribution >= 4 is 30.2 Å². The van der Waals surface area contributed by atoms with E-state index in [0.29, 0.717) is 6.41 Å². The second-order valence-corrected chi connectivity index (χ2v) is 3.91. The lowest BCUT2D eigenvalue weighted by molar-refractivity contribution is -0.131. The maximum absolute atomic E-state index is 11.9. The van der Waals surface area contributed by atoms with Crippen molar-refractivity contribution in [2.45, 2.75) is 0 Å². The number of nitrogens with one attached hydrogen (secondary N) is 1. The van der Waals surface area contributed by atoms with E-state index in [1.165, 1.54) is 18.0 Å². The molecule has 0 aliphatic rings. The minimum atomic E-state index is -1.14. The predicted molar refractivity (Wildman–Crippen MR) is 67.7 cm³/mol. The van der Waals surface area contributed by atoms with Gasteiger partial charge in [-0.15, -0.1) is 0 Å². The number of carbonyl (C=O) groups excluding carboxylic acids is 2. The van der Waals surface area contributed by atoms with Gasteiger partial charge in [0, 0.05) is 27.2 Å². The van der Waals surface area contributed by atoms with Gasteiger partial charge >= 0.3 is 5.97 Å². The molecule has 1 rings (SSSR count). The molecule has 0 radical (unpaired) electrons. The summed E-state index contributed by atoms with van der Waals surface area (Å²) in [6.45, 7) is 0. The smallest absolute Gasteiger partial charge is 0.328 e. The molecule has 2 amide bonds. The van der Waals surface area contributed by atoms with Crippen LogP contribution in [0.5, 0.6) is 0 Å². The van der Waals surface area contributed by atoms with Crippen LogP contribution < -0.4 is 4.90 Å². The average molecular weight is 266 g/mol. The Kier molecular flexibility index (Phi) is 4.41. The Labute approximate surface area is 109 Å². The second kappa shape index (κ2) is 5.80. The van der Waals surface area contributed by atoms with Crippen LogP contribution in [0.4, 0.5) is 5.82 Å². The van der Waals surface area contributed by atoms with Crippen LogP contribution in [0.3, 0.4) is 0 Å². The zero-order chi connectivity index (χ0) is 14.6. The number of hydrogen-bond acceptors (Lipinski definition) is 4. The molecular weight excluding hydrogens is 252 g/mol. The number of aromatic amines is 1. The van der Waals surface area contributed by atoms with E-state index < -0.39 is 5.97 Å². The lowest BCUT2D eigenvalue weighted by atomic mass is 10.3. The number of H-pyrrole nitrogens is 1. The van der Waals surface area contributed by atoms with Crippen molar-refractivity contribution in [2.75, 3.05) is 26.0 Å². The highest BCUT2D eigenvalue weighted by Crippen LogP contribution is 2.17. The fraction of sp³-hybridized carbons (Fsp3) is 0.273. The molecule has 2 N–H and O–H groups in total. The van der Waals surface area contributed by atoms with Crippen LogP contribution in [0.15, 0.2) is 6.08 Å². The standard InChI is InChI=1S/C11H14N4O4/c1-14(2)11(19)9-10(15(3)6-16)13-7(12-9)4-5-8(17)18/h4-6H,1-3H3,(H,12,13)(H,17,18)/b5-4+. The van der Waals surface area contributed by atoms with Gasteiger partial charge in [0.15, 0.2) is 5.82 Å². The maximum atomic E-state index is 11.9. The lowest BCUT2D eigenvalue weighted by Crippen LogP contribution is -2.25. The number of carboxylic acids is 1. The highest BCUT2D eigenvalue weighted by molar-refractivity contribution is 5.99. The number of aromatic nitrogens is 2. The minimum Gasteiger partial charge on any atom is -0.478 e. The molecule has 1 aromatic rings. The van der Waals surface area contributed by atoms with Crippen LogP contribution in [0.2, 0.25) is 0 Å². The first kappa shape index (κ1) is 14.4. The van der Waals surface area contributed by atoms with Crippen LogP contribution in [0.25, 0.3) is 6.08 Å². The molecular formula is C11H14N4O4. The third-order valence-electron chi connectivity index (χ3n) is 2.20. The summed E-state index contributed by atoms with van der Waals surface area (Å²) in [6, 6.07) is 0. The molecule has 102 valence electrons. The number of nitrogens with zero attached hydrogens (tertiary/aromatic N) is 3. The van der Waals surface area contributed by atoms with Crippen molar-refractivity contribution in [1.82, 2.24) is 14.9 Å². The summed E-state index contributed by atoms with van der Waals surface area (Å²) in [6.07, 6.45) is 2.59. The van der Waals surface area contributed by atoms with E-state index in [0.717, 1.165) is 11.0 Å². The zero-order valence-electron chi connectivity index (χ0n) is 10.7. The number of carboxylic acid groups (broad SMARTS) is 1. The molecule has 1 heterocycles. The van der Waals surface area contributed by atoms with Gasteiger partial charge in [-0.25, -0.2) is 9.78 Å². The largest absolute Gasteiger partial charge is 0.478 e. The topological polar surface area (TPSA) is 107 Å². The summed E-state index contributed by atoms with van der Waals surface area (Å²) in [5.41, 5.74) is 0.115. The van der Waals surface area contributed by atoms with E-state index in [-0.39, 0.29) is 23.2 Å². The zero-order valence-corrected chi connectivity index (χ0v) is 10.7. The van der Waals surface area contributed by atoms with Gasteiger partial charge in [-0.3, -0.25) is 9.59 Å². The Morgan fingerprint density at radius 3 is 2.42 bits per heavy atom. The Bertz CT molecular complexity index is 533. The summed E-state index contributed by atoms with van der Waals surface area (Å²) >= 11 is 0. The lowest BCUT2D eigenvalue weighted by Gasteiger charge is -2.12. The van der Waals surface area contributed by atoms with Gasteiger partial charge in [0.1, 0.15) is 11.5 Å². The Morgan fingerprint density at radius 1 is 1.32 bits per heavy atom. The third kappa shape index (κ3) is 3.41. The molecule has 0 saturated heterocycles. The van der Waals surface area contributed by atoms with E-state index >= 15 is 0 Å². The molecule has 19 heavy (non-hydrogen) atoms. The molecule has 0 aliphatic heterocycles.